The molecule has 1 rings (SSSR count). The van der Waals surface area contributed by atoms with Crippen molar-refractivity contribution in [3.05, 3.63) is 11.9 Å². The van der Waals surface area contributed by atoms with E-state index in [1.54, 1.807) is 0 Å². The van der Waals surface area contributed by atoms with Gasteiger partial charge in [0, 0.05) is 6.54 Å². The molecule has 1 N–H and O–H groups in total. The zero-order valence-electron chi connectivity index (χ0n) is 11.4. The number of alkyl halides is 3. The van der Waals surface area contributed by atoms with Crippen molar-refractivity contribution >= 4 is 5.82 Å². The molecule has 1 heterocycles. The molecule has 0 spiro atoms. The van der Waals surface area contributed by atoms with Gasteiger partial charge in [0.05, 0.1) is 5.56 Å². The fourth-order valence-electron chi connectivity index (χ4n) is 1.54. The quantitative estimate of drug-likeness (QED) is 0.896. The average molecular weight is 277 g/mol. The number of ether oxygens (including phenoxy) is 1. The Kier molecular flexibility index (Phi) is 4.97. The van der Waals surface area contributed by atoms with Crippen LogP contribution in [0, 0.1) is 0 Å². The van der Waals surface area contributed by atoms with E-state index >= 15 is 0 Å². The van der Waals surface area contributed by atoms with Crippen LogP contribution < -0.4 is 10.1 Å². The van der Waals surface area contributed by atoms with Crippen LogP contribution in [0.15, 0.2) is 6.33 Å². The molecule has 0 fully saturated rings. The molecule has 1 unspecified atom stereocenters. The number of rotatable bonds is 5. The number of anilines is 1. The number of hydrogen-bond acceptors (Lipinski definition) is 4. The molecule has 0 aliphatic carbocycles. The van der Waals surface area contributed by atoms with E-state index in [9.17, 15) is 13.2 Å². The molecule has 4 nitrogen and oxygen atoms in total. The second-order valence-corrected chi connectivity index (χ2v) is 4.43. The maximum absolute atomic E-state index is 12.5. The molecule has 1 aromatic rings. The van der Waals surface area contributed by atoms with Crippen LogP contribution in [0.4, 0.5) is 19.0 Å². The highest BCUT2D eigenvalue weighted by Crippen LogP contribution is 2.32. The van der Waals surface area contributed by atoms with Gasteiger partial charge in [-0.25, -0.2) is 9.97 Å². The van der Waals surface area contributed by atoms with Crippen molar-refractivity contribution in [3.63, 3.8) is 0 Å². The zero-order valence-corrected chi connectivity index (χ0v) is 11.4. The van der Waals surface area contributed by atoms with E-state index in [-0.39, 0.29) is 11.8 Å². The van der Waals surface area contributed by atoms with Crippen molar-refractivity contribution in [1.82, 2.24) is 9.97 Å². The number of hydrogen-bond donors (Lipinski definition) is 1. The van der Waals surface area contributed by atoms with Gasteiger partial charge in [0.2, 0.25) is 5.88 Å². The average Bonchev–Trinajstić information content (AvgIpc) is 2.27. The Bertz CT molecular complexity index is 421. The predicted molar refractivity (Wildman–Crippen MR) is 66.4 cm³/mol. The lowest BCUT2D eigenvalue weighted by atomic mass is 10.1. The summed E-state index contributed by atoms with van der Waals surface area (Å²) in [6, 6.07) is 0. The third-order valence-corrected chi connectivity index (χ3v) is 2.52. The van der Waals surface area contributed by atoms with Gasteiger partial charge < -0.3 is 10.1 Å². The lowest BCUT2D eigenvalue weighted by molar-refractivity contribution is -0.190. The summed E-state index contributed by atoms with van der Waals surface area (Å²) in [5.41, 5.74) is 0.556. The van der Waals surface area contributed by atoms with E-state index in [4.69, 9.17) is 4.74 Å². The van der Waals surface area contributed by atoms with E-state index in [0.29, 0.717) is 17.9 Å². The van der Waals surface area contributed by atoms with Gasteiger partial charge in [0.25, 0.3) is 0 Å². The number of aromatic nitrogens is 2. The highest BCUT2D eigenvalue weighted by atomic mass is 19.4. The Morgan fingerprint density at radius 2 is 1.89 bits per heavy atom. The zero-order chi connectivity index (χ0) is 14.6. The topological polar surface area (TPSA) is 47.0 Å². The Balaban J connectivity index is 3.09. The monoisotopic (exact) mass is 277 g/mol. The standard InChI is InChI=1S/C12H18F3N3O/c1-5-16-10-9(7(2)3)11(18-6-17-10)19-8(4)12(13,14)15/h6-8H,5H2,1-4H3,(H,16,17,18). The third kappa shape index (κ3) is 3.97. The van der Waals surface area contributed by atoms with Crippen molar-refractivity contribution in [2.24, 2.45) is 0 Å². The van der Waals surface area contributed by atoms with Gasteiger partial charge in [-0.2, -0.15) is 13.2 Å². The maximum atomic E-state index is 12.5. The van der Waals surface area contributed by atoms with E-state index in [1.165, 1.54) is 6.33 Å². The first-order valence-electron chi connectivity index (χ1n) is 6.09. The second-order valence-electron chi connectivity index (χ2n) is 4.43. The van der Waals surface area contributed by atoms with Gasteiger partial charge in [-0.15, -0.1) is 0 Å². The SMILES string of the molecule is CCNc1ncnc(OC(C)C(F)(F)F)c1C(C)C. The largest absolute Gasteiger partial charge is 0.465 e. The minimum absolute atomic E-state index is 0.0224. The van der Waals surface area contributed by atoms with E-state index in [2.05, 4.69) is 15.3 Å². The first-order chi connectivity index (χ1) is 8.77. The summed E-state index contributed by atoms with van der Waals surface area (Å²) in [5.74, 6) is 0.438. The minimum atomic E-state index is -4.42. The van der Waals surface area contributed by atoms with Crippen molar-refractivity contribution in [2.45, 2.75) is 45.9 Å². The lowest BCUT2D eigenvalue weighted by Crippen LogP contribution is -2.32. The number of nitrogens with one attached hydrogen (secondary N) is 1. The Hall–Kier alpha value is -1.53. The summed E-state index contributed by atoms with van der Waals surface area (Å²) in [7, 11) is 0. The third-order valence-electron chi connectivity index (χ3n) is 2.52. The van der Waals surface area contributed by atoms with Crippen LogP contribution in [0.2, 0.25) is 0 Å². The molecule has 0 amide bonds. The molecule has 7 heteroatoms. The molecule has 0 aliphatic heterocycles. The second kappa shape index (κ2) is 6.08. The molecular weight excluding hydrogens is 259 g/mol. The minimum Gasteiger partial charge on any atom is -0.465 e. The summed E-state index contributed by atoms with van der Waals surface area (Å²) >= 11 is 0. The van der Waals surface area contributed by atoms with E-state index in [0.717, 1.165) is 6.92 Å². The van der Waals surface area contributed by atoms with Crippen LogP contribution in [0.25, 0.3) is 0 Å². The van der Waals surface area contributed by atoms with Crippen molar-refractivity contribution in [2.75, 3.05) is 11.9 Å². The number of halogens is 3. The van der Waals surface area contributed by atoms with Crippen LogP contribution in [-0.4, -0.2) is 28.8 Å². The molecule has 0 bridgehead atoms. The summed E-state index contributed by atoms with van der Waals surface area (Å²) in [4.78, 5) is 7.86. The molecule has 0 saturated carbocycles. The molecule has 108 valence electrons. The number of nitrogens with zero attached hydrogens (tertiary/aromatic N) is 2. The highest BCUT2D eigenvalue weighted by molar-refractivity contribution is 5.50. The Morgan fingerprint density at radius 3 is 2.37 bits per heavy atom. The van der Waals surface area contributed by atoms with Crippen LogP contribution in [0.3, 0.4) is 0 Å². The predicted octanol–water partition coefficient (Wildman–Crippen LogP) is 3.36. The van der Waals surface area contributed by atoms with Gasteiger partial charge in [-0.05, 0) is 19.8 Å². The van der Waals surface area contributed by atoms with Gasteiger partial charge in [0.1, 0.15) is 12.1 Å². The molecule has 0 radical (unpaired) electrons. The van der Waals surface area contributed by atoms with Crippen molar-refractivity contribution in [3.8, 4) is 5.88 Å². The van der Waals surface area contributed by atoms with Crippen molar-refractivity contribution in [1.29, 1.82) is 0 Å². The fourth-order valence-corrected chi connectivity index (χ4v) is 1.54. The van der Waals surface area contributed by atoms with Crippen LogP contribution in [-0.2, 0) is 0 Å². The molecule has 19 heavy (non-hydrogen) atoms. The normalized spacial score (nSPS) is 13.5. The molecule has 0 aromatic carbocycles. The summed E-state index contributed by atoms with van der Waals surface area (Å²) < 4.78 is 42.5. The Morgan fingerprint density at radius 1 is 1.26 bits per heavy atom. The summed E-state index contributed by atoms with van der Waals surface area (Å²) in [6.45, 7) is 7.16. The first-order valence-corrected chi connectivity index (χ1v) is 6.09. The molecule has 1 atom stereocenters. The van der Waals surface area contributed by atoms with Gasteiger partial charge in [0.15, 0.2) is 6.10 Å². The summed E-state index contributed by atoms with van der Waals surface area (Å²) in [5, 5.41) is 3.00. The van der Waals surface area contributed by atoms with Crippen LogP contribution in [0.5, 0.6) is 5.88 Å². The smallest absolute Gasteiger partial charge is 0.425 e. The van der Waals surface area contributed by atoms with Crippen LogP contribution in [0.1, 0.15) is 39.2 Å². The lowest BCUT2D eigenvalue weighted by Gasteiger charge is -2.21. The van der Waals surface area contributed by atoms with E-state index in [1.807, 2.05) is 20.8 Å². The fraction of sp³-hybridized carbons (Fsp3) is 0.667. The highest BCUT2D eigenvalue weighted by Gasteiger charge is 2.39. The maximum Gasteiger partial charge on any atom is 0.425 e. The Labute approximate surface area is 110 Å². The first kappa shape index (κ1) is 15.5. The molecule has 0 aliphatic rings. The molecule has 0 saturated heterocycles. The molecular formula is C12H18F3N3O. The van der Waals surface area contributed by atoms with Crippen LogP contribution >= 0.6 is 0 Å². The van der Waals surface area contributed by atoms with Gasteiger partial charge >= 0.3 is 6.18 Å². The van der Waals surface area contributed by atoms with Gasteiger partial charge in [-0.1, -0.05) is 13.8 Å². The van der Waals surface area contributed by atoms with Gasteiger partial charge in [-0.3, -0.25) is 0 Å². The summed E-state index contributed by atoms with van der Waals surface area (Å²) in [6.07, 6.45) is -5.13. The van der Waals surface area contributed by atoms with Crippen molar-refractivity contribution < 1.29 is 17.9 Å². The van der Waals surface area contributed by atoms with E-state index < -0.39 is 12.3 Å². The molecule has 1 aromatic heterocycles.